The maximum atomic E-state index is 14.8. The molecule has 0 unspecified atom stereocenters. The quantitative estimate of drug-likeness (QED) is 0.133. The van der Waals surface area contributed by atoms with Crippen molar-refractivity contribution in [3.63, 3.8) is 0 Å². The van der Waals surface area contributed by atoms with Gasteiger partial charge in [0.1, 0.15) is 40.0 Å². The van der Waals surface area contributed by atoms with E-state index >= 15 is 0 Å². The minimum atomic E-state index is -0.548. The first-order chi connectivity index (χ1) is 25.2. The van der Waals surface area contributed by atoms with Crippen LogP contribution in [0.5, 0.6) is 0 Å². The molecule has 0 aliphatic carbocycles. The standard InChI is InChI=1S/C22H16F2N2O3.C16H12BrFN2O3/c1-2-28-22(27)18-13-25-26(21(18)20-4-3-11-29-20)16-9-10-17(19(24)12-16)14-5-7-15(23)8-6-14;1-2-22-16(21)11-9-19-20(15(11)14-4-3-7-23-14)10-5-6-12(17)13(18)8-10/h3-13H,2H2,1H3;3-9H,2H2,1H3. The van der Waals surface area contributed by atoms with Gasteiger partial charge in [-0.05, 0) is 96.0 Å². The number of benzene rings is 3. The molecule has 0 fully saturated rings. The van der Waals surface area contributed by atoms with Crippen molar-refractivity contribution in [1.29, 1.82) is 0 Å². The molecule has 0 aliphatic rings. The van der Waals surface area contributed by atoms with Gasteiger partial charge in [-0.25, -0.2) is 32.1 Å². The molecule has 7 rings (SSSR count). The highest BCUT2D eigenvalue weighted by atomic mass is 79.9. The second kappa shape index (κ2) is 15.8. The maximum absolute atomic E-state index is 14.8. The average molecular weight is 774 g/mol. The summed E-state index contributed by atoms with van der Waals surface area (Å²) in [7, 11) is 0. The summed E-state index contributed by atoms with van der Waals surface area (Å²) in [5.74, 6) is -1.55. The number of hydrogen-bond acceptors (Lipinski definition) is 8. The Balaban J connectivity index is 0.000000183. The summed E-state index contributed by atoms with van der Waals surface area (Å²) in [6, 6.07) is 21.4. The molecule has 52 heavy (non-hydrogen) atoms. The molecule has 3 aromatic carbocycles. The lowest BCUT2D eigenvalue weighted by atomic mass is 10.0. The number of rotatable bonds is 9. The molecule has 264 valence electrons. The molecule has 0 N–H and O–H groups in total. The summed E-state index contributed by atoms with van der Waals surface area (Å²) < 4.78 is 66.0. The van der Waals surface area contributed by atoms with Gasteiger partial charge >= 0.3 is 11.9 Å². The lowest BCUT2D eigenvalue weighted by molar-refractivity contribution is 0.0517. The fourth-order valence-electron chi connectivity index (χ4n) is 5.22. The van der Waals surface area contributed by atoms with Crippen LogP contribution in [0.25, 0.3) is 45.4 Å². The van der Waals surface area contributed by atoms with E-state index < -0.39 is 29.4 Å². The highest BCUT2D eigenvalue weighted by Gasteiger charge is 2.25. The lowest BCUT2D eigenvalue weighted by Gasteiger charge is -2.10. The molecule has 0 amide bonds. The Labute approximate surface area is 303 Å². The zero-order valence-corrected chi connectivity index (χ0v) is 29.1. The van der Waals surface area contributed by atoms with Crippen LogP contribution in [0.4, 0.5) is 13.2 Å². The molecule has 10 nitrogen and oxygen atoms in total. The number of furan rings is 2. The monoisotopic (exact) mass is 772 g/mol. The molecule has 4 aromatic heterocycles. The van der Waals surface area contributed by atoms with E-state index in [4.69, 9.17) is 18.3 Å². The number of halogens is 4. The van der Waals surface area contributed by atoms with Crippen molar-refractivity contribution in [2.24, 2.45) is 0 Å². The minimum Gasteiger partial charge on any atom is -0.463 e. The largest absolute Gasteiger partial charge is 0.463 e. The zero-order valence-electron chi connectivity index (χ0n) is 27.6. The van der Waals surface area contributed by atoms with Crippen LogP contribution >= 0.6 is 15.9 Å². The van der Waals surface area contributed by atoms with Crippen LogP contribution in [-0.4, -0.2) is 44.7 Å². The van der Waals surface area contributed by atoms with Gasteiger partial charge in [0.05, 0.1) is 54.0 Å². The summed E-state index contributed by atoms with van der Waals surface area (Å²) in [6.45, 7) is 3.88. The van der Waals surface area contributed by atoms with Crippen molar-refractivity contribution in [3.05, 3.63) is 143 Å². The molecule has 0 saturated carbocycles. The number of nitrogens with zero attached hydrogens (tertiary/aromatic N) is 4. The summed E-state index contributed by atoms with van der Waals surface area (Å²) in [6.07, 6.45) is 5.71. The van der Waals surface area contributed by atoms with E-state index in [-0.39, 0.29) is 24.3 Å². The normalized spacial score (nSPS) is 10.8. The Kier molecular flexibility index (Phi) is 10.8. The molecule has 7 aromatic rings. The third kappa shape index (κ3) is 7.47. The number of carbonyl (C=O) groups excluding carboxylic acids is 2. The Morgan fingerprint density at radius 1 is 0.692 bits per heavy atom. The lowest BCUT2D eigenvalue weighted by Crippen LogP contribution is -2.07. The molecule has 14 heteroatoms. The van der Waals surface area contributed by atoms with Gasteiger partial charge in [-0.2, -0.15) is 10.2 Å². The highest BCUT2D eigenvalue weighted by molar-refractivity contribution is 9.10. The van der Waals surface area contributed by atoms with E-state index in [1.165, 1.54) is 70.7 Å². The molecule has 0 bridgehead atoms. The van der Waals surface area contributed by atoms with Crippen molar-refractivity contribution in [2.75, 3.05) is 13.2 Å². The summed E-state index contributed by atoms with van der Waals surface area (Å²) in [4.78, 5) is 24.4. The van der Waals surface area contributed by atoms with E-state index in [0.29, 0.717) is 49.9 Å². The summed E-state index contributed by atoms with van der Waals surface area (Å²) in [5, 5.41) is 8.43. The maximum Gasteiger partial charge on any atom is 0.342 e. The van der Waals surface area contributed by atoms with Crippen molar-refractivity contribution >= 4 is 27.9 Å². The third-order valence-electron chi connectivity index (χ3n) is 7.54. The molecular weight excluding hydrogens is 745 g/mol. The van der Waals surface area contributed by atoms with Crippen LogP contribution in [-0.2, 0) is 9.47 Å². The third-order valence-corrected chi connectivity index (χ3v) is 8.18. The van der Waals surface area contributed by atoms with Crippen molar-refractivity contribution in [2.45, 2.75) is 13.8 Å². The van der Waals surface area contributed by atoms with Crippen LogP contribution in [0.15, 0.2) is 123 Å². The molecular formula is C38H28BrF3N4O6. The predicted octanol–water partition coefficient (Wildman–Crippen LogP) is 9.46. The van der Waals surface area contributed by atoms with Gasteiger partial charge < -0.3 is 18.3 Å². The smallest absolute Gasteiger partial charge is 0.342 e. The van der Waals surface area contributed by atoms with E-state index in [1.807, 2.05) is 0 Å². The zero-order chi connectivity index (χ0) is 36.8. The SMILES string of the molecule is CCOC(=O)c1cnn(-c2ccc(-c3ccc(F)cc3)c(F)c2)c1-c1ccco1.CCOC(=O)c1cnn(-c2ccc(Br)c(F)c2)c1-c1ccco1. The molecule has 4 heterocycles. The number of aromatic nitrogens is 4. The molecule has 0 aliphatic heterocycles. The van der Waals surface area contributed by atoms with Crippen LogP contribution in [0, 0.1) is 17.5 Å². The minimum absolute atomic E-state index is 0.211. The average Bonchev–Trinajstić information content (AvgIpc) is 3.97. The fraction of sp³-hybridized carbons (Fsp3) is 0.105. The Hall–Kier alpha value is -6.15. The van der Waals surface area contributed by atoms with Gasteiger partial charge in [-0.15, -0.1) is 0 Å². The van der Waals surface area contributed by atoms with E-state index in [9.17, 15) is 22.8 Å². The van der Waals surface area contributed by atoms with Gasteiger partial charge in [0.2, 0.25) is 0 Å². The van der Waals surface area contributed by atoms with Crippen molar-refractivity contribution in [1.82, 2.24) is 19.6 Å². The van der Waals surface area contributed by atoms with Crippen molar-refractivity contribution < 1.29 is 41.1 Å². The fourth-order valence-corrected chi connectivity index (χ4v) is 5.47. The molecule has 0 spiro atoms. The first-order valence-corrected chi connectivity index (χ1v) is 16.6. The first kappa shape index (κ1) is 35.7. The van der Waals surface area contributed by atoms with Crippen LogP contribution < -0.4 is 0 Å². The van der Waals surface area contributed by atoms with Gasteiger partial charge in [0.25, 0.3) is 0 Å². The van der Waals surface area contributed by atoms with Gasteiger partial charge in [0, 0.05) is 17.7 Å². The molecule has 0 atom stereocenters. The number of carbonyl (C=O) groups is 2. The number of hydrogen-bond donors (Lipinski definition) is 0. The first-order valence-electron chi connectivity index (χ1n) is 15.8. The van der Waals surface area contributed by atoms with Crippen LogP contribution in [0.3, 0.4) is 0 Å². The van der Waals surface area contributed by atoms with E-state index in [1.54, 1.807) is 62.4 Å². The number of ether oxygens (including phenoxy) is 2. The summed E-state index contributed by atoms with van der Waals surface area (Å²) in [5.41, 5.74) is 2.98. The number of esters is 2. The summed E-state index contributed by atoms with van der Waals surface area (Å²) >= 11 is 3.11. The topological polar surface area (TPSA) is 115 Å². The predicted molar refractivity (Wildman–Crippen MR) is 187 cm³/mol. The van der Waals surface area contributed by atoms with Gasteiger partial charge in [0.15, 0.2) is 11.5 Å². The highest BCUT2D eigenvalue weighted by Crippen LogP contribution is 2.31. The second-order valence-corrected chi connectivity index (χ2v) is 11.7. The van der Waals surface area contributed by atoms with E-state index in [2.05, 4.69) is 26.1 Å². The van der Waals surface area contributed by atoms with Crippen LogP contribution in [0.1, 0.15) is 34.6 Å². The molecule has 0 radical (unpaired) electrons. The Bertz CT molecular complexity index is 2320. The molecule has 0 saturated heterocycles. The van der Waals surface area contributed by atoms with E-state index in [0.717, 1.165) is 0 Å². The second-order valence-electron chi connectivity index (χ2n) is 10.8. The Morgan fingerprint density at radius 2 is 1.19 bits per heavy atom. The van der Waals surface area contributed by atoms with Crippen molar-refractivity contribution in [3.8, 4) is 45.4 Å². The van der Waals surface area contributed by atoms with Crippen LogP contribution in [0.2, 0.25) is 0 Å². The Morgan fingerprint density at radius 3 is 1.63 bits per heavy atom. The van der Waals surface area contributed by atoms with Gasteiger partial charge in [-0.1, -0.05) is 12.1 Å². The van der Waals surface area contributed by atoms with Gasteiger partial charge in [-0.3, -0.25) is 0 Å².